The van der Waals surface area contributed by atoms with E-state index in [1.807, 2.05) is 0 Å². The predicted molar refractivity (Wildman–Crippen MR) is 177 cm³/mol. The molecule has 0 radical (unpaired) electrons. The first kappa shape index (κ1) is 34.9. The molecule has 0 amide bonds. The van der Waals surface area contributed by atoms with Gasteiger partial charge in [0.25, 0.3) is 5.95 Å². The summed E-state index contributed by atoms with van der Waals surface area (Å²) in [5.41, 5.74) is -4.65. The quantitative estimate of drug-likeness (QED) is 0.111. The van der Waals surface area contributed by atoms with Gasteiger partial charge >= 0.3 is 11.9 Å². The highest BCUT2D eigenvalue weighted by molar-refractivity contribution is 6.19. The van der Waals surface area contributed by atoms with Crippen LogP contribution in [-0.4, -0.2) is 73.3 Å². The van der Waals surface area contributed by atoms with Crippen LogP contribution in [0.2, 0.25) is 0 Å². The third kappa shape index (κ3) is 5.14. The molecule has 5 rings (SSSR count). The zero-order chi connectivity index (χ0) is 36.8. The normalized spacial score (nSPS) is 11.0. The van der Waals surface area contributed by atoms with E-state index in [1.54, 1.807) is 0 Å². The van der Waals surface area contributed by atoms with Crippen molar-refractivity contribution in [2.45, 2.75) is 13.8 Å². The molecule has 0 spiro atoms. The SMILES string of the molecule is COC(=O)c1c(OC)c(OC)cc2oc(OC)c(-c3c(C(C)=O)cc4c(=O)c5c(C(=O)OC)c(OC)c(OC)cc5oc4c3C(C)=O)c(=O)c12. The molecule has 2 heterocycles. The first-order valence-corrected chi connectivity index (χ1v) is 14.6. The van der Waals surface area contributed by atoms with Gasteiger partial charge in [-0.15, -0.1) is 0 Å². The Morgan fingerprint density at radius 1 is 0.560 bits per heavy atom. The van der Waals surface area contributed by atoms with Crippen molar-refractivity contribution in [3.8, 4) is 40.1 Å². The van der Waals surface area contributed by atoms with Crippen molar-refractivity contribution in [1.82, 2.24) is 0 Å². The van der Waals surface area contributed by atoms with Crippen LogP contribution in [0.1, 0.15) is 55.3 Å². The van der Waals surface area contributed by atoms with Crippen molar-refractivity contribution < 1.29 is 61.2 Å². The molecule has 50 heavy (non-hydrogen) atoms. The van der Waals surface area contributed by atoms with Crippen molar-refractivity contribution in [2.24, 2.45) is 0 Å². The van der Waals surface area contributed by atoms with Crippen molar-refractivity contribution >= 4 is 56.4 Å². The third-order valence-corrected chi connectivity index (χ3v) is 8.04. The van der Waals surface area contributed by atoms with Gasteiger partial charge in [0, 0.05) is 23.3 Å². The molecule has 0 aliphatic carbocycles. The summed E-state index contributed by atoms with van der Waals surface area (Å²) in [7, 11) is 8.47. The number of ether oxygens (including phenoxy) is 7. The summed E-state index contributed by atoms with van der Waals surface area (Å²) in [5, 5.41) is -0.931. The fourth-order valence-corrected chi connectivity index (χ4v) is 5.93. The lowest BCUT2D eigenvalue weighted by molar-refractivity contribution is 0.0589. The number of benzene rings is 3. The number of methoxy groups -OCH3 is 7. The maximum absolute atomic E-state index is 14.6. The lowest BCUT2D eigenvalue weighted by Gasteiger charge is -2.19. The van der Waals surface area contributed by atoms with Crippen LogP contribution in [0.4, 0.5) is 0 Å². The van der Waals surface area contributed by atoms with Crippen LogP contribution < -0.4 is 34.5 Å². The summed E-state index contributed by atoms with van der Waals surface area (Å²) in [4.78, 5) is 82.1. The minimum absolute atomic E-state index is 0.00980. The van der Waals surface area contributed by atoms with Gasteiger partial charge in [-0.3, -0.25) is 19.2 Å². The molecule has 3 aromatic carbocycles. The Kier molecular flexibility index (Phi) is 9.27. The number of carbonyl (C=O) groups excluding carboxylic acids is 4. The molecule has 15 nitrogen and oxygen atoms in total. The molecule has 0 atom stereocenters. The Morgan fingerprint density at radius 3 is 1.48 bits per heavy atom. The molecule has 0 N–H and O–H groups in total. The summed E-state index contributed by atoms with van der Waals surface area (Å²) >= 11 is 0. The van der Waals surface area contributed by atoms with Crippen molar-refractivity contribution in [1.29, 1.82) is 0 Å². The predicted octanol–water partition coefficient (Wildman–Crippen LogP) is 4.74. The fourth-order valence-electron chi connectivity index (χ4n) is 5.93. The van der Waals surface area contributed by atoms with E-state index in [1.165, 1.54) is 47.7 Å². The Hall–Kier alpha value is -6.38. The summed E-state index contributed by atoms with van der Waals surface area (Å²) < 4.78 is 49.0. The lowest BCUT2D eigenvalue weighted by atomic mass is 9.88. The number of Topliss-reactive ketones (excluding diaryl/α,β-unsaturated/α-hetero) is 2. The molecule has 0 aliphatic heterocycles. The largest absolute Gasteiger partial charge is 0.493 e. The van der Waals surface area contributed by atoms with Crippen LogP contribution in [0.3, 0.4) is 0 Å². The van der Waals surface area contributed by atoms with Crippen LogP contribution >= 0.6 is 0 Å². The van der Waals surface area contributed by atoms with E-state index in [4.69, 9.17) is 42.0 Å². The van der Waals surface area contributed by atoms with Crippen molar-refractivity contribution in [2.75, 3.05) is 49.8 Å². The van der Waals surface area contributed by atoms with Gasteiger partial charge in [0.05, 0.1) is 71.5 Å². The molecular weight excluding hydrogens is 660 g/mol. The average Bonchev–Trinajstić information content (AvgIpc) is 3.11. The average molecular weight is 691 g/mol. The van der Waals surface area contributed by atoms with Gasteiger partial charge in [0.15, 0.2) is 34.6 Å². The molecule has 5 aromatic rings. The highest BCUT2D eigenvalue weighted by Gasteiger charge is 2.34. The van der Waals surface area contributed by atoms with Gasteiger partial charge in [0.1, 0.15) is 33.4 Å². The second kappa shape index (κ2) is 13.3. The smallest absolute Gasteiger partial charge is 0.342 e. The number of ketones is 2. The Labute approximate surface area is 282 Å². The summed E-state index contributed by atoms with van der Waals surface area (Å²) in [6.45, 7) is 2.28. The number of fused-ring (bicyclic) bond motifs is 3. The Balaban J connectivity index is 2.10. The van der Waals surface area contributed by atoms with Crippen LogP contribution in [-0.2, 0) is 9.47 Å². The van der Waals surface area contributed by atoms with Crippen molar-refractivity contribution in [3.05, 3.63) is 60.9 Å². The van der Waals surface area contributed by atoms with E-state index in [0.29, 0.717) is 0 Å². The van der Waals surface area contributed by atoms with E-state index in [0.717, 1.165) is 34.1 Å². The lowest BCUT2D eigenvalue weighted by Crippen LogP contribution is -2.18. The maximum Gasteiger partial charge on any atom is 0.342 e. The topological polar surface area (TPSA) is 193 Å². The van der Waals surface area contributed by atoms with Crippen LogP contribution in [0.15, 0.2) is 36.6 Å². The highest BCUT2D eigenvalue weighted by atomic mass is 16.6. The Bertz CT molecular complexity index is 2410. The molecule has 260 valence electrons. The molecule has 0 bridgehead atoms. The van der Waals surface area contributed by atoms with Gasteiger partial charge in [-0.2, -0.15) is 0 Å². The standard InChI is InChI=1S/C35H30O15/c1-13(36)15-10-16-28(38)23-17(11-19(42-3)31(44-5)26(23)33(40)46-7)49-30(16)21(14(2)37)22(15)25-29(39)24-18(50-35(25)48-9)12-20(43-4)32(45-6)27(24)34(41)47-8/h10-12H,1-9H3. The number of rotatable bonds is 10. The highest BCUT2D eigenvalue weighted by Crippen LogP contribution is 2.44. The van der Waals surface area contributed by atoms with Gasteiger partial charge in [0.2, 0.25) is 10.9 Å². The molecular formula is C35H30O15. The third-order valence-electron chi connectivity index (χ3n) is 8.04. The monoisotopic (exact) mass is 690 g/mol. The van der Waals surface area contributed by atoms with Gasteiger partial charge < -0.3 is 42.0 Å². The molecule has 0 fully saturated rings. The molecule has 15 heteroatoms. The van der Waals surface area contributed by atoms with Gasteiger partial charge in [-0.1, -0.05) is 0 Å². The Morgan fingerprint density at radius 2 is 1.06 bits per heavy atom. The number of carbonyl (C=O) groups is 4. The summed E-state index contributed by atoms with van der Waals surface area (Å²) in [6.07, 6.45) is 0. The van der Waals surface area contributed by atoms with Gasteiger partial charge in [-0.25, -0.2) is 9.59 Å². The van der Waals surface area contributed by atoms with E-state index < -0.39 is 45.9 Å². The number of hydrogen-bond donors (Lipinski definition) is 0. The second-order valence-corrected chi connectivity index (χ2v) is 10.6. The maximum atomic E-state index is 14.6. The molecule has 2 aromatic heterocycles. The number of esters is 2. The first-order chi connectivity index (χ1) is 23.8. The van der Waals surface area contributed by atoms with E-state index in [9.17, 15) is 28.8 Å². The summed E-state index contributed by atoms with van der Waals surface area (Å²) in [6, 6.07) is 3.69. The van der Waals surface area contributed by atoms with E-state index in [-0.39, 0.29) is 83.7 Å². The fraction of sp³-hybridized carbons (Fsp3) is 0.257. The zero-order valence-corrected chi connectivity index (χ0v) is 28.4. The summed E-state index contributed by atoms with van der Waals surface area (Å²) in [5.74, 6) is -4.12. The van der Waals surface area contributed by atoms with Crippen molar-refractivity contribution in [3.63, 3.8) is 0 Å². The van der Waals surface area contributed by atoms with Gasteiger partial charge in [-0.05, 0) is 19.9 Å². The minimum atomic E-state index is -0.991. The van der Waals surface area contributed by atoms with Crippen LogP contribution in [0.25, 0.3) is 44.0 Å². The number of hydrogen-bond acceptors (Lipinski definition) is 15. The zero-order valence-electron chi connectivity index (χ0n) is 28.4. The molecule has 0 saturated carbocycles. The van der Waals surface area contributed by atoms with E-state index in [2.05, 4.69) is 0 Å². The second-order valence-electron chi connectivity index (χ2n) is 10.6. The minimum Gasteiger partial charge on any atom is -0.493 e. The van der Waals surface area contributed by atoms with E-state index >= 15 is 0 Å². The van der Waals surface area contributed by atoms with Crippen LogP contribution in [0.5, 0.6) is 28.9 Å². The first-order valence-electron chi connectivity index (χ1n) is 14.6. The van der Waals surface area contributed by atoms with Crippen LogP contribution in [0, 0.1) is 0 Å². The molecule has 0 unspecified atom stereocenters. The molecule has 0 aliphatic rings. The molecule has 0 saturated heterocycles.